The van der Waals surface area contributed by atoms with Gasteiger partial charge in [0, 0.05) is 28.8 Å². The Labute approximate surface area is 167 Å². The Morgan fingerprint density at radius 1 is 1.07 bits per heavy atom. The molecular formula is C18H10Cl2N4O2S. The summed E-state index contributed by atoms with van der Waals surface area (Å²) in [5, 5.41) is 17.9. The summed E-state index contributed by atoms with van der Waals surface area (Å²) in [5.41, 5.74) is 2.30. The Hall–Kier alpha value is -2.74. The fraction of sp³-hybridized carbons (Fsp3) is 0. The van der Waals surface area contributed by atoms with Crippen molar-refractivity contribution in [2.24, 2.45) is 0 Å². The Morgan fingerprint density at radius 2 is 1.93 bits per heavy atom. The van der Waals surface area contributed by atoms with Crippen LogP contribution in [0.25, 0.3) is 21.3 Å². The van der Waals surface area contributed by atoms with Crippen LogP contribution in [0.2, 0.25) is 10.0 Å². The number of nitrogens with zero attached hydrogens (tertiary/aromatic N) is 3. The van der Waals surface area contributed by atoms with Gasteiger partial charge in [-0.3, -0.25) is 10.1 Å². The molecule has 0 unspecified atom stereocenters. The molecule has 9 heteroatoms. The second-order valence-electron chi connectivity index (χ2n) is 5.61. The van der Waals surface area contributed by atoms with Crippen LogP contribution in [-0.2, 0) is 0 Å². The van der Waals surface area contributed by atoms with Crippen molar-refractivity contribution in [3.63, 3.8) is 0 Å². The molecule has 0 saturated heterocycles. The number of non-ortho nitro benzene ring substituents is 1. The van der Waals surface area contributed by atoms with Crippen molar-refractivity contribution >= 4 is 61.9 Å². The van der Waals surface area contributed by atoms with Gasteiger partial charge in [0.1, 0.15) is 17.0 Å². The van der Waals surface area contributed by atoms with Crippen molar-refractivity contribution in [3.8, 4) is 11.1 Å². The SMILES string of the molecule is O=[N+]([O-])c1cccc(-c2csc3ncnc(Nc4ccc(Cl)c(Cl)c4)c23)c1. The van der Waals surface area contributed by atoms with Gasteiger partial charge in [0.15, 0.2) is 0 Å². The molecule has 0 aliphatic rings. The summed E-state index contributed by atoms with van der Waals surface area (Å²) in [6, 6.07) is 11.7. The van der Waals surface area contributed by atoms with E-state index in [4.69, 9.17) is 23.2 Å². The molecular weight excluding hydrogens is 407 g/mol. The fourth-order valence-corrected chi connectivity index (χ4v) is 3.89. The number of rotatable bonds is 4. The third kappa shape index (κ3) is 3.44. The molecule has 0 bridgehead atoms. The maximum atomic E-state index is 11.1. The molecule has 0 fully saturated rings. The van der Waals surface area contributed by atoms with Crippen molar-refractivity contribution in [1.29, 1.82) is 0 Å². The maximum absolute atomic E-state index is 11.1. The minimum atomic E-state index is -0.413. The average Bonchev–Trinajstić information content (AvgIpc) is 3.10. The number of anilines is 2. The molecule has 2 heterocycles. The lowest BCUT2D eigenvalue weighted by molar-refractivity contribution is -0.384. The van der Waals surface area contributed by atoms with Gasteiger partial charge in [-0.05, 0) is 23.8 Å². The normalized spacial score (nSPS) is 10.9. The standard InChI is InChI=1S/C18H10Cl2N4O2S/c19-14-5-4-11(7-15(14)20)23-17-16-13(8-27-18(16)22-9-21-17)10-2-1-3-12(6-10)24(25)26/h1-9H,(H,21,22,23). The Kier molecular flexibility index (Phi) is 4.65. The summed E-state index contributed by atoms with van der Waals surface area (Å²) in [4.78, 5) is 20.1. The Bertz CT molecular complexity index is 1180. The summed E-state index contributed by atoms with van der Waals surface area (Å²) in [6.07, 6.45) is 1.47. The molecule has 6 nitrogen and oxygen atoms in total. The lowest BCUT2D eigenvalue weighted by Crippen LogP contribution is -1.96. The zero-order chi connectivity index (χ0) is 19.0. The van der Waals surface area contributed by atoms with Gasteiger partial charge in [-0.25, -0.2) is 9.97 Å². The quantitative estimate of drug-likeness (QED) is 0.311. The van der Waals surface area contributed by atoms with Crippen LogP contribution in [0.1, 0.15) is 0 Å². The van der Waals surface area contributed by atoms with Crippen LogP contribution in [0.5, 0.6) is 0 Å². The second kappa shape index (κ2) is 7.11. The van der Waals surface area contributed by atoms with E-state index in [-0.39, 0.29) is 5.69 Å². The van der Waals surface area contributed by atoms with E-state index in [2.05, 4.69) is 15.3 Å². The van der Waals surface area contributed by atoms with E-state index in [1.54, 1.807) is 24.3 Å². The molecule has 2 aromatic carbocycles. The minimum Gasteiger partial charge on any atom is -0.340 e. The topological polar surface area (TPSA) is 81.0 Å². The van der Waals surface area contributed by atoms with E-state index in [9.17, 15) is 10.1 Å². The lowest BCUT2D eigenvalue weighted by atomic mass is 10.1. The summed E-state index contributed by atoms with van der Waals surface area (Å²) < 4.78 is 0. The van der Waals surface area contributed by atoms with Crippen molar-refractivity contribution < 1.29 is 4.92 Å². The van der Waals surface area contributed by atoms with E-state index in [0.29, 0.717) is 15.9 Å². The highest BCUT2D eigenvalue weighted by Crippen LogP contribution is 2.38. The van der Waals surface area contributed by atoms with Gasteiger partial charge in [-0.15, -0.1) is 11.3 Å². The number of nitro benzene ring substituents is 1. The molecule has 1 N–H and O–H groups in total. The highest BCUT2D eigenvalue weighted by Gasteiger charge is 2.16. The lowest BCUT2D eigenvalue weighted by Gasteiger charge is -2.09. The monoisotopic (exact) mass is 416 g/mol. The number of benzene rings is 2. The van der Waals surface area contributed by atoms with Crippen molar-refractivity contribution in [1.82, 2.24) is 9.97 Å². The van der Waals surface area contributed by atoms with E-state index in [1.165, 1.54) is 29.8 Å². The van der Waals surface area contributed by atoms with Crippen LogP contribution < -0.4 is 5.32 Å². The molecule has 4 aromatic rings. The molecule has 0 aliphatic carbocycles. The molecule has 0 amide bonds. The number of thiophene rings is 1. The smallest absolute Gasteiger partial charge is 0.270 e. The average molecular weight is 417 g/mol. The van der Waals surface area contributed by atoms with Crippen LogP contribution >= 0.6 is 34.5 Å². The highest BCUT2D eigenvalue weighted by atomic mass is 35.5. The summed E-state index contributed by atoms with van der Waals surface area (Å²) in [5.74, 6) is 0.584. The van der Waals surface area contributed by atoms with E-state index < -0.39 is 4.92 Å². The van der Waals surface area contributed by atoms with Crippen molar-refractivity contribution in [3.05, 3.63) is 74.3 Å². The number of nitrogens with one attached hydrogen (secondary N) is 1. The van der Waals surface area contributed by atoms with Crippen molar-refractivity contribution in [2.45, 2.75) is 0 Å². The third-order valence-electron chi connectivity index (χ3n) is 3.92. The number of aromatic nitrogens is 2. The Balaban J connectivity index is 1.83. The summed E-state index contributed by atoms with van der Waals surface area (Å²) in [7, 11) is 0. The van der Waals surface area contributed by atoms with Gasteiger partial charge < -0.3 is 5.32 Å². The summed E-state index contributed by atoms with van der Waals surface area (Å²) in [6.45, 7) is 0. The number of halogens is 2. The fourth-order valence-electron chi connectivity index (χ4n) is 2.68. The van der Waals surface area contributed by atoms with Crippen LogP contribution in [0.4, 0.5) is 17.2 Å². The summed E-state index contributed by atoms with van der Waals surface area (Å²) >= 11 is 13.5. The number of nitro groups is 1. The van der Waals surface area contributed by atoms with Gasteiger partial charge in [-0.1, -0.05) is 35.3 Å². The first kappa shape index (κ1) is 17.7. The van der Waals surface area contributed by atoms with E-state index in [1.807, 2.05) is 11.4 Å². The van der Waals surface area contributed by atoms with Crippen LogP contribution in [0.3, 0.4) is 0 Å². The molecule has 134 valence electrons. The molecule has 4 rings (SSSR count). The van der Waals surface area contributed by atoms with Gasteiger partial charge >= 0.3 is 0 Å². The largest absolute Gasteiger partial charge is 0.340 e. The molecule has 0 saturated carbocycles. The zero-order valence-corrected chi connectivity index (χ0v) is 15.8. The molecule has 2 aromatic heterocycles. The first-order chi connectivity index (χ1) is 13.0. The number of fused-ring (bicyclic) bond motifs is 1. The van der Waals surface area contributed by atoms with Gasteiger partial charge in [0.05, 0.1) is 20.4 Å². The van der Waals surface area contributed by atoms with Gasteiger partial charge in [0.2, 0.25) is 0 Å². The Morgan fingerprint density at radius 3 is 2.70 bits per heavy atom. The van der Waals surface area contributed by atoms with E-state index >= 15 is 0 Å². The third-order valence-corrected chi connectivity index (χ3v) is 5.55. The van der Waals surface area contributed by atoms with Gasteiger partial charge in [0.25, 0.3) is 5.69 Å². The predicted molar refractivity (Wildman–Crippen MR) is 109 cm³/mol. The van der Waals surface area contributed by atoms with Crippen LogP contribution in [0.15, 0.2) is 54.2 Å². The molecule has 0 spiro atoms. The molecule has 0 radical (unpaired) electrons. The minimum absolute atomic E-state index is 0.0303. The molecule has 27 heavy (non-hydrogen) atoms. The van der Waals surface area contributed by atoms with Crippen LogP contribution in [0, 0.1) is 10.1 Å². The number of hydrogen-bond acceptors (Lipinski definition) is 6. The van der Waals surface area contributed by atoms with Crippen LogP contribution in [-0.4, -0.2) is 14.9 Å². The molecule has 0 atom stereocenters. The van der Waals surface area contributed by atoms with Gasteiger partial charge in [-0.2, -0.15) is 0 Å². The highest BCUT2D eigenvalue weighted by molar-refractivity contribution is 7.17. The molecule has 0 aliphatic heterocycles. The van der Waals surface area contributed by atoms with E-state index in [0.717, 1.165) is 27.0 Å². The first-order valence-electron chi connectivity index (χ1n) is 7.72. The predicted octanol–water partition coefficient (Wildman–Crippen LogP) is 6.32. The maximum Gasteiger partial charge on any atom is 0.270 e. The van der Waals surface area contributed by atoms with Crippen molar-refractivity contribution in [2.75, 3.05) is 5.32 Å². The zero-order valence-electron chi connectivity index (χ0n) is 13.5. The second-order valence-corrected chi connectivity index (χ2v) is 7.29. The first-order valence-corrected chi connectivity index (χ1v) is 9.35. The number of hydrogen-bond donors (Lipinski definition) is 1.